The van der Waals surface area contributed by atoms with Crippen LogP contribution in [-0.2, 0) is 9.53 Å². The summed E-state index contributed by atoms with van der Waals surface area (Å²) >= 11 is 0. The fraction of sp³-hybridized carbons (Fsp3) is 0.467. The first-order valence-corrected chi connectivity index (χ1v) is 7.14. The standard InChI is InChI=1S/C15H24N4O3.HI/c1-16-15(19-12-14(20)17-8-10-21-2)18-9-11-22-13-6-4-3-5-7-13;/h3-7H,8-12H2,1-2H3,(H,17,20)(H2,16,18,19);1H. The third-order valence-electron chi connectivity index (χ3n) is 2.67. The van der Waals surface area contributed by atoms with E-state index >= 15 is 0 Å². The summed E-state index contributed by atoms with van der Waals surface area (Å²) in [5.74, 6) is 1.27. The maximum absolute atomic E-state index is 11.5. The Morgan fingerprint density at radius 1 is 1.09 bits per heavy atom. The second kappa shape index (κ2) is 14.1. The molecule has 0 atom stereocenters. The van der Waals surface area contributed by atoms with E-state index in [0.717, 1.165) is 5.75 Å². The van der Waals surface area contributed by atoms with E-state index in [0.29, 0.717) is 32.3 Å². The number of ether oxygens (including phenoxy) is 2. The molecule has 1 amide bonds. The molecule has 130 valence electrons. The maximum Gasteiger partial charge on any atom is 0.239 e. The second-order valence-electron chi connectivity index (χ2n) is 4.36. The van der Waals surface area contributed by atoms with Gasteiger partial charge in [0.1, 0.15) is 12.4 Å². The molecule has 1 aromatic rings. The molecule has 0 fully saturated rings. The lowest BCUT2D eigenvalue weighted by Gasteiger charge is -2.12. The largest absolute Gasteiger partial charge is 0.492 e. The molecule has 0 aromatic heterocycles. The summed E-state index contributed by atoms with van der Waals surface area (Å²) < 4.78 is 10.4. The number of methoxy groups -OCH3 is 1. The first-order valence-electron chi connectivity index (χ1n) is 7.14. The summed E-state index contributed by atoms with van der Waals surface area (Å²) in [7, 11) is 3.24. The number of rotatable bonds is 9. The number of hydrogen-bond acceptors (Lipinski definition) is 4. The maximum atomic E-state index is 11.5. The quantitative estimate of drug-likeness (QED) is 0.229. The zero-order valence-electron chi connectivity index (χ0n) is 13.5. The molecule has 0 saturated carbocycles. The lowest BCUT2D eigenvalue weighted by molar-refractivity contribution is -0.120. The molecule has 7 nitrogen and oxygen atoms in total. The van der Waals surface area contributed by atoms with Gasteiger partial charge in [-0.05, 0) is 12.1 Å². The van der Waals surface area contributed by atoms with Gasteiger partial charge in [-0.3, -0.25) is 9.79 Å². The number of amides is 1. The van der Waals surface area contributed by atoms with Gasteiger partial charge >= 0.3 is 0 Å². The predicted octanol–water partition coefficient (Wildman–Crippen LogP) is 0.611. The van der Waals surface area contributed by atoms with Crippen LogP contribution in [0, 0.1) is 0 Å². The molecule has 0 bridgehead atoms. The van der Waals surface area contributed by atoms with Crippen LogP contribution < -0.4 is 20.7 Å². The number of hydrogen-bond donors (Lipinski definition) is 3. The summed E-state index contributed by atoms with van der Waals surface area (Å²) in [6.45, 7) is 2.23. The van der Waals surface area contributed by atoms with Gasteiger partial charge in [-0.1, -0.05) is 18.2 Å². The lowest BCUT2D eigenvalue weighted by Crippen LogP contribution is -2.44. The van der Waals surface area contributed by atoms with E-state index in [1.54, 1.807) is 14.2 Å². The van der Waals surface area contributed by atoms with Crippen molar-refractivity contribution in [2.75, 3.05) is 47.0 Å². The molecule has 0 spiro atoms. The minimum absolute atomic E-state index is 0. The number of benzene rings is 1. The molecule has 23 heavy (non-hydrogen) atoms. The summed E-state index contributed by atoms with van der Waals surface area (Å²) in [5.41, 5.74) is 0. The highest BCUT2D eigenvalue weighted by atomic mass is 127. The van der Waals surface area contributed by atoms with Crippen molar-refractivity contribution in [3.05, 3.63) is 30.3 Å². The van der Waals surface area contributed by atoms with Crippen molar-refractivity contribution >= 4 is 35.8 Å². The first-order chi connectivity index (χ1) is 10.8. The van der Waals surface area contributed by atoms with Gasteiger partial charge < -0.3 is 25.4 Å². The number of guanidine groups is 1. The van der Waals surface area contributed by atoms with E-state index in [-0.39, 0.29) is 36.4 Å². The minimum atomic E-state index is -0.111. The molecule has 1 aromatic carbocycles. The highest BCUT2D eigenvalue weighted by Crippen LogP contribution is 2.07. The molecule has 0 aliphatic rings. The number of para-hydroxylation sites is 1. The van der Waals surface area contributed by atoms with Gasteiger partial charge in [-0.2, -0.15) is 0 Å². The highest BCUT2D eigenvalue weighted by Gasteiger charge is 2.02. The zero-order chi connectivity index (χ0) is 16.0. The molecule has 0 radical (unpaired) electrons. The van der Waals surface area contributed by atoms with Crippen LogP contribution in [0.4, 0.5) is 0 Å². The van der Waals surface area contributed by atoms with Crippen molar-refractivity contribution < 1.29 is 14.3 Å². The van der Waals surface area contributed by atoms with Crippen molar-refractivity contribution in [2.45, 2.75) is 0 Å². The van der Waals surface area contributed by atoms with Crippen molar-refractivity contribution in [3.8, 4) is 5.75 Å². The Bertz CT molecular complexity index is 457. The monoisotopic (exact) mass is 436 g/mol. The Kier molecular flexibility index (Phi) is 13.1. The van der Waals surface area contributed by atoms with Crippen molar-refractivity contribution in [1.82, 2.24) is 16.0 Å². The van der Waals surface area contributed by atoms with Gasteiger partial charge in [0, 0.05) is 20.7 Å². The van der Waals surface area contributed by atoms with Crippen LogP contribution in [0.2, 0.25) is 0 Å². The van der Waals surface area contributed by atoms with E-state index in [9.17, 15) is 4.79 Å². The van der Waals surface area contributed by atoms with Crippen LogP contribution in [0.1, 0.15) is 0 Å². The lowest BCUT2D eigenvalue weighted by atomic mass is 10.3. The van der Waals surface area contributed by atoms with E-state index < -0.39 is 0 Å². The summed E-state index contributed by atoms with van der Waals surface area (Å²) in [6, 6.07) is 9.58. The number of carbonyl (C=O) groups excluding carboxylic acids is 1. The van der Waals surface area contributed by atoms with Crippen LogP contribution >= 0.6 is 24.0 Å². The number of nitrogens with one attached hydrogen (secondary N) is 3. The molecule has 0 aliphatic heterocycles. The Morgan fingerprint density at radius 3 is 2.43 bits per heavy atom. The van der Waals surface area contributed by atoms with Crippen LogP contribution in [0.15, 0.2) is 35.3 Å². The molecule has 0 heterocycles. The van der Waals surface area contributed by atoms with E-state index in [1.165, 1.54) is 0 Å². The average Bonchev–Trinajstić information content (AvgIpc) is 2.55. The smallest absolute Gasteiger partial charge is 0.239 e. The van der Waals surface area contributed by atoms with Crippen LogP contribution in [0.25, 0.3) is 0 Å². The topological polar surface area (TPSA) is 84.0 Å². The fourth-order valence-electron chi connectivity index (χ4n) is 1.59. The van der Waals surface area contributed by atoms with Crippen LogP contribution in [-0.4, -0.2) is 58.9 Å². The van der Waals surface area contributed by atoms with Gasteiger partial charge in [0.2, 0.25) is 5.91 Å². The Morgan fingerprint density at radius 2 is 1.78 bits per heavy atom. The molecular weight excluding hydrogens is 411 g/mol. The minimum Gasteiger partial charge on any atom is -0.492 e. The number of carbonyl (C=O) groups is 1. The molecule has 3 N–H and O–H groups in total. The van der Waals surface area contributed by atoms with Gasteiger partial charge in [0.25, 0.3) is 0 Å². The Labute approximate surface area is 154 Å². The molecule has 8 heteroatoms. The van der Waals surface area contributed by atoms with Crippen molar-refractivity contribution in [3.63, 3.8) is 0 Å². The molecule has 0 aliphatic carbocycles. The molecule has 0 saturated heterocycles. The van der Waals surface area contributed by atoms with E-state index in [2.05, 4.69) is 20.9 Å². The fourth-order valence-corrected chi connectivity index (χ4v) is 1.59. The van der Waals surface area contributed by atoms with E-state index in [1.807, 2.05) is 30.3 Å². The summed E-state index contributed by atoms with van der Waals surface area (Å²) in [4.78, 5) is 15.6. The second-order valence-corrected chi connectivity index (χ2v) is 4.36. The Hall–Kier alpha value is -1.55. The van der Waals surface area contributed by atoms with Crippen LogP contribution in [0.3, 0.4) is 0 Å². The third kappa shape index (κ3) is 10.7. The predicted molar refractivity (Wildman–Crippen MR) is 102 cm³/mol. The average molecular weight is 436 g/mol. The Balaban J connectivity index is 0.00000484. The number of halogens is 1. The molecule has 1 rings (SSSR count). The number of nitrogens with zero attached hydrogens (tertiary/aromatic N) is 1. The van der Waals surface area contributed by atoms with Gasteiger partial charge in [0.15, 0.2) is 5.96 Å². The van der Waals surface area contributed by atoms with Gasteiger partial charge in [-0.15, -0.1) is 24.0 Å². The van der Waals surface area contributed by atoms with E-state index in [4.69, 9.17) is 9.47 Å². The zero-order valence-corrected chi connectivity index (χ0v) is 15.8. The third-order valence-corrected chi connectivity index (χ3v) is 2.67. The van der Waals surface area contributed by atoms with Gasteiger partial charge in [0.05, 0.1) is 19.7 Å². The first kappa shape index (κ1) is 21.4. The SMILES string of the molecule is CN=C(NCCOc1ccccc1)NCC(=O)NCCOC.I. The summed E-state index contributed by atoms with van der Waals surface area (Å²) in [6.07, 6.45) is 0. The molecule has 0 unspecified atom stereocenters. The summed E-state index contributed by atoms with van der Waals surface area (Å²) in [5, 5.41) is 8.71. The van der Waals surface area contributed by atoms with Crippen LogP contribution in [0.5, 0.6) is 5.75 Å². The van der Waals surface area contributed by atoms with Gasteiger partial charge in [-0.25, -0.2) is 0 Å². The normalized spacial score (nSPS) is 10.4. The van der Waals surface area contributed by atoms with Crippen molar-refractivity contribution in [2.24, 2.45) is 4.99 Å². The molecular formula is C15H25IN4O3. The number of aliphatic imine (C=N–C) groups is 1. The highest BCUT2D eigenvalue weighted by molar-refractivity contribution is 14.0. The van der Waals surface area contributed by atoms with Crippen molar-refractivity contribution in [1.29, 1.82) is 0 Å².